The highest BCUT2D eigenvalue weighted by Gasteiger charge is 2.15. The van der Waals surface area contributed by atoms with Crippen LogP contribution in [0.1, 0.15) is 12.8 Å². The SMILES string of the molecule is COC(=O)CCCOc1cc(Cl)ccc1[N+](=O)[O-]. The highest BCUT2D eigenvalue weighted by molar-refractivity contribution is 6.30. The number of methoxy groups -OCH3 is 1. The Bertz CT molecular complexity index is 449. The third-order valence-electron chi connectivity index (χ3n) is 2.13. The molecule has 0 unspecified atom stereocenters. The van der Waals surface area contributed by atoms with E-state index in [0.29, 0.717) is 11.4 Å². The first-order valence-corrected chi connectivity index (χ1v) is 5.56. The molecule has 0 N–H and O–H groups in total. The van der Waals surface area contributed by atoms with E-state index in [1.807, 2.05) is 0 Å². The molecule has 0 saturated heterocycles. The van der Waals surface area contributed by atoms with Crippen LogP contribution >= 0.6 is 11.6 Å². The van der Waals surface area contributed by atoms with Crippen molar-refractivity contribution in [3.63, 3.8) is 0 Å². The summed E-state index contributed by atoms with van der Waals surface area (Å²) < 4.78 is 9.70. The van der Waals surface area contributed by atoms with Gasteiger partial charge < -0.3 is 9.47 Å². The zero-order valence-corrected chi connectivity index (χ0v) is 10.5. The van der Waals surface area contributed by atoms with Gasteiger partial charge in [0.05, 0.1) is 18.6 Å². The van der Waals surface area contributed by atoms with Gasteiger partial charge in [-0.2, -0.15) is 0 Å². The predicted molar refractivity (Wildman–Crippen MR) is 64.9 cm³/mol. The summed E-state index contributed by atoms with van der Waals surface area (Å²) in [5.74, 6) is -0.253. The summed E-state index contributed by atoms with van der Waals surface area (Å²) in [5.41, 5.74) is -0.155. The standard InChI is InChI=1S/C11H12ClNO5/c1-17-11(14)3-2-6-18-10-7-8(12)4-5-9(10)13(15)16/h4-5,7H,2-3,6H2,1H3. The molecule has 0 radical (unpaired) electrons. The summed E-state index contributed by atoms with van der Waals surface area (Å²) in [5, 5.41) is 11.1. The van der Waals surface area contributed by atoms with Crippen LogP contribution in [0.5, 0.6) is 5.75 Å². The van der Waals surface area contributed by atoms with Crippen LogP contribution in [0.4, 0.5) is 5.69 Å². The molecule has 7 heteroatoms. The van der Waals surface area contributed by atoms with Crippen molar-refractivity contribution >= 4 is 23.3 Å². The molecule has 0 spiro atoms. The van der Waals surface area contributed by atoms with Gasteiger partial charge in [0.1, 0.15) is 0 Å². The first-order chi connectivity index (χ1) is 8.54. The fourth-order valence-corrected chi connectivity index (χ4v) is 1.42. The maximum absolute atomic E-state index is 10.8. The van der Waals surface area contributed by atoms with Crippen LogP contribution in [0, 0.1) is 10.1 Å². The number of nitrogens with zero attached hydrogens (tertiary/aromatic N) is 1. The minimum Gasteiger partial charge on any atom is -0.487 e. The van der Waals surface area contributed by atoms with Gasteiger partial charge in [-0.1, -0.05) is 11.6 Å². The van der Waals surface area contributed by atoms with E-state index in [9.17, 15) is 14.9 Å². The van der Waals surface area contributed by atoms with E-state index in [4.69, 9.17) is 16.3 Å². The smallest absolute Gasteiger partial charge is 0.311 e. The minimum absolute atomic E-state index is 0.0948. The highest BCUT2D eigenvalue weighted by Crippen LogP contribution is 2.29. The average Bonchev–Trinajstić information content (AvgIpc) is 2.34. The maximum atomic E-state index is 10.8. The van der Waals surface area contributed by atoms with Crippen molar-refractivity contribution in [3.8, 4) is 5.75 Å². The summed E-state index contributed by atoms with van der Waals surface area (Å²) in [6.07, 6.45) is 0.612. The second-order valence-electron chi connectivity index (χ2n) is 3.40. The van der Waals surface area contributed by atoms with Crippen LogP contribution in [-0.2, 0) is 9.53 Å². The van der Waals surface area contributed by atoms with Crippen LogP contribution in [0.15, 0.2) is 18.2 Å². The number of carbonyl (C=O) groups is 1. The topological polar surface area (TPSA) is 78.7 Å². The summed E-state index contributed by atoms with van der Waals surface area (Å²) in [7, 11) is 1.30. The summed E-state index contributed by atoms with van der Waals surface area (Å²) in [6.45, 7) is 0.177. The van der Waals surface area contributed by atoms with E-state index in [1.165, 1.54) is 25.3 Å². The number of rotatable bonds is 6. The number of carbonyl (C=O) groups excluding carboxylic acids is 1. The highest BCUT2D eigenvalue weighted by atomic mass is 35.5. The molecule has 0 aliphatic rings. The molecule has 0 saturated carbocycles. The van der Waals surface area contributed by atoms with E-state index in [0.717, 1.165) is 0 Å². The lowest BCUT2D eigenvalue weighted by molar-refractivity contribution is -0.385. The van der Waals surface area contributed by atoms with Crippen molar-refractivity contribution in [1.29, 1.82) is 0 Å². The van der Waals surface area contributed by atoms with Crippen molar-refractivity contribution in [1.82, 2.24) is 0 Å². The van der Waals surface area contributed by atoms with Gasteiger partial charge in [0.15, 0.2) is 5.75 Å². The van der Waals surface area contributed by atoms with Gasteiger partial charge >= 0.3 is 11.7 Å². The Hall–Kier alpha value is -1.82. The van der Waals surface area contributed by atoms with Crippen LogP contribution in [0.25, 0.3) is 0 Å². The monoisotopic (exact) mass is 273 g/mol. The number of hydrogen-bond donors (Lipinski definition) is 0. The van der Waals surface area contributed by atoms with Crippen molar-refractivity contribution < 1.29 is 19.2 Å². The molecular weight excluding hydrogens is 262 g/mol. The molecule has 18 heavy (non-hydrogen) atoms. The molecule has 0 amide bonds. The zero-order chi connectivity index (χ0) is 13.5. The van der Waals surface area contributed by atoms with E-state index < -0.39 is 4.92 Å². The second-order valence-corrected chi connectivity index (χ2v) is 3.83. The quantitative estimate of drug-likeness (QED) is 0.344. The van der Waals surface area contributed by atoms with Gasteiger partial charge in [0.2, 0.25) is 0 Å². The van der Waals surface area contributed by atoms with Gasteiger partial charge in [-0.25, -0.2) is 0 Å². The number of benzene rings is 1. The number of halogens is 1. The van der Waals surface area contributed by atoms with Gasteiger partial charge in [-0.05, 0) is 12.5 Å². The van der Waals surface area contributed by atoms with Crippen LogP contribution in [0.2, 0.25) is 5.02 Å². The molecule has 0 fully saturated rings. The molecule has 1 rings (SSSR count). The van der Waals surface area contributed by atoms with Crippen LogP contribution < -0.4 is 4.74 Å². The van der Waals surface area contributed by atoms with E-state index >= 15 is 0 Å². The Morgan fingerprint density at radius 2 is 2.22 bits per heavy atom. The van der Waals surface area contributed by atoms with Crippen molar-refractivity contribution in [3.05, 3.63) is 33.3 Å². The lowest BCUT2D eigenvalue weighted by Crippen LogP contribution is -2.05. The molecule has 0 aromatic heterocycles. The van der Waals surface area contributed by atoms with Gasteiger partial charge in [-0.15, -0.1) is 0 Å². The zero-order valence-electron chi connectivity index (χ0n) is 9.72. The number of ether oxygens (including phenoxy) is 2. The fourth-order valence-electron chi connectivity index (χ4n) is 1.26. The Morgan fingerprint density at radius 3 is 2.83 bits per heavy atom. The molecule has 0 aliphatic heterocycles. The second kappa shape index (κ2) is 6.80. The number of esters is 1. The molecule has 1 aromatic carbocycles. The number of hydrogen-bond acceptors (Lipinski definition) is 5. The van der Waals surface area contributed by atoms with Crippen LogP contribution in [-0.4, -0.2) is 24.6 Å². The lowest BCUT2D eigenvalue weighted by atomic mass is 10.3. The average molecular weight is 274 g/mol. The third-order valence-corrected chi connectivity index (χ3v) is 2.36. The Kier molecular flexibility index (Phi) is 5.38. The number of nitro groups is 1. The van der Waals surface area contributed by atoms with Crippen molar-refractivity contribution in [2.75, 3.05) is 13.7 Å². The van der Waals surface area contributed by atoms with Crippen molar-refractivity contribution in [2.24, 2.45) is 0 Å². The molecule has 6 nitrogen and oxygen atoms in total. The summed E-state index contributed by atoms with van der Waals surface area (Å²) in [4.78, 5) is 21.0. The molecule has 0 bridgehead atoms. The molecule has 0 heterocycles. The molecule has 98 valence electrons. The summed E-state index contributed by atoms with van der Waals surface area (Å²) in [6, 6.07) is 4.07. The Labute approximate surface area is 109 Å². The summed E-state index contributed by atoms with van der Waals surface area (Å²) >= 11 is 5.73. The third kappa shape index (κ3) is 4.21. The first kappa shape index (κ1) is 14.2. The van der Waals surface area contributed by atoms with Gasteiger partial charge in [0, 0.05) is 23.6 Å². The Morgan fingerprint density at radius 1 is 1.50 bits per heavy atom. The normalized spacial score (nSPS) is 9.89. The first-order valence-electron chi connectivity index (χ1n) is 5.18. The molecular formula is C11H12ClNO5. The van der Waals surface area contributed by atoms with E-state index in [2.05, 4.69) is 4.74 Å². The fraction of sp³-hybridized carbons (Fsp3) is 0.364. The maximum Gasteiger partial charge on any atom is 0.311 e. The molecule has 1 aromatic rings. The predicted octanol–water partition coefficient (Wildman–Crippen LogP) is 2.58. The molecule has 0 atom stereocenters. The van der Waals surface area contributed by atoms with Gasteiger partial charge in [0.25, 0.3) is 0 Å². The minimum atomic E-state index is -0.550. The largest absolute Gasteiger partial charge is 0.487 e. The molecule has 0 aliphatic carbocycles. The van der Waals surface area contributed by atoms with Crippen LogP contribution in [0.3, 0.4) is 0 Å². The van der Waals surface area contributed by atoms with E-state index in [1.54, 1.807) is 0 Å². The van der Waals surface area contributed by atoms with Gasteiger partial charge in [-0.3, -0.25) is 14.9 Å². The van der Waals surface area contributed by atoms with Crippen molar-refractivity contribution in [2.45, 2.75) is 12.8 Å². The Balaban J connectivity index is 2.58. The van der Waals surface area contributed by atoms with E-state index in [-0.39, 0.29) is 30.4 Å². The lowest BCUT2D eigenvalue weighted by Gasteiger charge is -2.06. The number of nitro benzene ring substituents is 1.